The van der Waals surface area contributed by atoms with Crippen LogP contribution in [0.15, 0.2) is 53.4 Å². The van der Waals surface area contributed by atoms with Gasteiger partial charge in [0.15, 0.2) is 0 Å². The summed E-state index contributed by atoms with van der Waals surface area (Å²) in [5.74, 6) is 0.807. The van der Waals surface area contributed by atoms with Crippen molar-refractivity contribution in [1.82, 2.24) is 0 Å². The highest BCUT2D eigenvalue weighted by atomic mass is 32.2. The van der Waals surface area contributed by atoms with E-state index in [4.69, 9.17) is 14.6 Å². The fraction of sp³-hybridized carbons (Fsp3) is 0.316. The number of hydrogen-bond acceptors (Lipinski definition) is 6. The molecule has 0 heterocycles. The summed E-state index contributed by atoms with van der Waals surface area (Å²) in [6.45, 7) is 0. The molecule has 0 amide bonds. The van der Waals surface area contributed by atoms with Crippen molar-refractivity contribution in [3.05, 3.63) is 54.1 Å². The van der Waals surface area contributed by atoms with Crippen LogP contribution in [0.4, 0.5) is 0 Å². The van der Waals surface area contributed by atoms with E-state index in [0.29, 0.717) is 11.5 Å². The predicted octanol–water partition coefficient (Wildman–Crippen LogP) is 3.72. The molecule has 5 nitrogen and oxygen atoms in total. The number of aliphatic carboxylic acids is 1. The minimum absolute atomic E-state index is 0.0421. The Labute approximate surface area is 161 Å². The van der Waals surface area contributed by atoms with Gasteiger partial charge in [0.05, 0.1) is 31.3 Å². The first-order valence-electron chi connectivity index (χ1n) is 7.96. The second-order valence-corrected chi connectivity index (χ2v) is 7.68. The highest BCUT2D eigenvalue weighted by Crippen LogP contribution is 2.43. The van der Waals surface area contributed by atoms with Crippen LogP contribution in [0.1, 0.15) is 10.8 Å². The maximum absolute atomic E-state index is 10.8. The minimum Gasteiger partial charge on any atom is -0.497 e. The van der Waals surface area contributed by atoms with Gasteiger partial charge in [-0.05, 0) is 24.3 Å². The van der Waals surface area contributed by atoms with Gasteiger partial charge >= 0.3 is 5.97 Å². The number of carboxylic acids is 1. The molecule has 0 bridgehead atoms. The molecule has 140 valence electrons. The molecule has 0 aliphatic heterocycles. The van der Waals surface area contributed by atoms with Gasteiger partial charge < -0.3 is 19.7 Å². The van der Waals surface area contributed by atoms with Crippen LogP contribution in [0.25, 0.3) is 0 Å². The highest BCUT2D eigenvalue weighted by Gasteiger charge is 2.26. The first-order chi connectivity index (χ1) is 12.5. The van der Waals surface area contributed by atoms with Crippen molar-refractivity contribution in [2.24, 2.45) is 0 Å². The summed E-state index contributed by atoms with van der Waals surface area (Å²) in [6.07, 6.45) is -0.744. The number of hydrogen-bond donors (Lipinski definition) is 2. The lowest BCUT2D eigenvalue weighted by Gasteiger charge is -2.24. The molecule has 0 fully saturated rings. The lowest BCUT2D eigenvalue weighted by molar-refractivity contribution is -0.133. The molecule has 2 aromatic carbocycles. The lowest BCUT2D eigenvalue weighted by Crippen LogP contribution is -2.20. The summed E-state index contributed by atoms with van der Waals surface area (Å²) < 4.78 is 10.7. The van der Waals surface area contributed by atoms with Gasteiger partial charge in [0.25, 0.3) is 0 Å². The quantitative estimate of drug-likeness (QED) is 0.595. The number of rotatable bonds is 10. The first-order valence-corrected chi connectivity index (χ1v) is 9.99. The van der Waals surface area contributed by atoms with Crippen molar-refractivity contribution in [3.8, 4) is 11.5 Å². The molecule has 26 heavy (non-hydrogen) atoms. The number of thioether (sulfide) groups is 2. The Morgan fingerprint density at radius 1 is 1.12 bits per heavy atom. The average molecular weight is 395 g/mol. The third-order valence-electron chi connectivity index (χ3n) is 3.61. The smallest absolute Gasteiger partial charge is 0.313 e. The van der Waals surface area contributed by atoms with Gasteiger partial charge in [0.2, 0.25) is 0 Å². The third-order valence-corrected chi connectivity index (χ3v) is 5.99. The number of para-hydroxylation sites is 1. The van der Waals surface area contributed by atoms with E-state index in [9.17, 15) is 9.90 Å². The number of aliphatic hydroxyl groups excluding tert-OH is 1. The predicted molar refractivity (Wildman–Crippen MR) is 106 cm³/mol. The zero-order chi connectivity index (χ0) is 18.9. The minimum atomic E-state index is -0.892. The van der Waals surface area contributed by atoms with E-state index in [1.54, 1.807) is 14.2 Å². The van der Waals surface area contributed by atoms with Crippen LogP contribution in [0.2, 0.25) is 0 Å². The second-order valence-electron chi connectivity index (χ2n) is 5.44. The lowest BCUT2D eigenvalue weighted by atomic mass is 10.1. The van der Waals surface area contributed by atoms with Gasteiger partial charge in [-0.1, -0.05) is 24.3 Å². The number of benzene rings is 2. The Bertz CT molecular complexity index is 723. The Morgan fingerprint density at radius 2 is 1.88 bits per heavy atom. The van der Waals surface area contributed by atoms with Crippen molar-refractivity contribution in [2.75, 3.05) is 25.7 Å². The molecule has 0 radical (unpaired) electrons. The van der Waals surface area contributed by atoms with Crippen molar-refractivity contribution in [2.45, 2.75) is 16.2 Å². The molecule has 0 aliphatic carbocycles. The zero-order valence-corrected chi connectivity index (χ0v) is 16.3. The molecule has 0 spiro atoms. The van der Waals surface area contributed by atoms with Crippen molar-refractivity contribution in [3.63, 3.8) is 0 Å². The van der Waals surface area contributed by atoms with E-state index in [1.165, 1.54) is 23.5 Å². The van der Waals surface area contributed by atoms with Crippen LogP contribution in [-0.4, -0.2) is 48.0 Å². The molecule has 2 unspecified atom stereocenters. The number of methoxy groups -OCH3 is 2. The molecule has 7 heteroatoms. The molecule has 0 aliphatic rings. The number of carboxylic acid groups (broad SMARTS) is 1. The molecule has 0 aromatic heterocycles. The summed E-state index contributed by atoms with van der Waals surface area (Å²) >= 11 is 2.69. The summed E-state index contributed by atoms with van der Waals surface area (Å²) in [5.41, 5.74) is 0.867. The molecule has 0 saturated heterocycles. The second kappa shape index (κ2) is 10.4. The fourth-order valence-corrected chi connectivity index (χ4v) is 4.48. The van der Waals surface area contributed by atoms with Gasteiger partial charge in [-0.3, -0.25) is 4.79 Å². The summed E-state index contributed by atoms with van der Waals surface area (Å²) in [7, 11) is 3.20. The molecular weight excluding hydrogens is 372 g/mol. The van der Waals surface area contributed by atoms with Gasteiger partial charge in [-0.2, -0.15) is 0 Å². The first kappa shape index (κ1) is 20.5. The zero-order valence-electron chi connectivity index (χ0n) is 14.6. The topological polar surface area (TPSA) is 76.0 Å². The van der Waals surface area contributed by atoms with Crippen LogP contribution < -0.4 is 9.47 Å². The van der Waals surface area contributed by atoms with E-state index in [2.05, 4.69) is 0 Å². The average Bonchev–Trinajstić information content (AvgIpc) is 2.65. The Hall–Kier alpha value is -1.83. The van der Waals surface area contributed by atoms with E-state index in [1.807, 2.05) is 48.5 Å². The van der Waals surface area contributed by atoms with Gasteiger partial charge in [0.1, 0.15) is 11.5 Å². The van der Waals surface area contributed by atoms with Crippen LogP contribution in [-0.2, 0) is 4.79 Å². The summed E-state index contributed by atoms with van der Waals surface area (Å²) in [6, 6.07) is 15.2. The van der Waals surface area contributed by atoms with Crippen LogP contribution in [0.5, 0.6) is 11.5 Å². The SMILES string of the molecule is COc1cccc(SC(c2ccccc2OC)C(O)CSCC(=O)O)c1. The largest absolute Gasteiger partial charge is 0.497 e. The highest BCUT2D eigenvalue weighted by molar-refractivity contribution is 8.00. The normalized spacial score (nSPS) is 13.0. The standard InChI is InChI=1S/C19H22O5S2/c1-23-13-6-5-7-14(10-13)26-19(16(20)11-25-12-18(21)22)15-8-3-4-9-17(15)24-2/h3-10,16,19-20H,11-12H2,1-2H3,(H,21,22). The van der Waals surface area contributed by atoms with Gasteiger partial charge in [-0.25, -0.2) is 0 Å². The number of aliphatic hydroxyl groups is 1. The van der Waals surface area contributed by atoms with E-state index < -0.39 is 12.1 Å². The molecule has 0 saturated carbocycles. The summed E-state index contributed by atoms with van der Waals surface area (Å²) in [5, 5.41) is 19.3. The Balaban J connectivity index is 2.26. The number of carbonyl (C=O) groups is 1. The molecule has 2 atom stereocenters. The summed E-state index contributed by atoms with van der Waals surface area (Å²) in [4.78, 5) is 11.7. The van der Waals surface area contributed by atoms with Crippen LogP contribution >= 0.6 is 23.5 Å². The van der Waals surface area contributed by atoms with E-state index >= 15 is 0 Å². The molecule has 2 aromatic rings. The van der Waals surface area contributed by atoms with E-state index in [-0.39, 0.29) is 11.0 Å². The maximum atomic E-state index is 10.8. The fourth-order valence-electron chi connectivity index (χ4n) is 2.43. The molecule has 2 N–H and O–H groups in total. The number of ether oxygens (including phenoxy) is 2. The Morgan fingerprint density at radius 3 is 2.58 bits per heavy atom. The van der Waals surface area contributed by atoms with Crippen molar-refractivity contribution in [1.29, 1.82) is 0 Å². The van der Waals surface area contributed by atoms with Crippen LogP contribution in [0.3, 0.4) is 0 Å². The van der Waals surface area contributed by atoms with Crippen molar-refractivity contribution < 1.29 is 24.5 Å². The van der Waals surface area contributed by atoms with Crippen LogP contribution in [0, 0.1) is 0 Å². The van der Waals surface area contributed by atoms with Gasteiger partial charge in [0, 0.05) is 16.2 Å². The monoisotopic (exact) mass is 394 g/mol. The van der Waals surface area contributed by atoms with E-state index in [0.717, 1.165) is 16.2 Å². The maximum Gasteiger partial charge on any atom is 0.313 e. The molecular formula is C19H22O5S2. The van der Waals surface area contributed by atoms with Gasteiger partial charge in [-0.15, -0.1) is 23.5 Å². The molecule has 2 rings (SSSR count). The Kier molecular flexibility index (Phi) is 8.15. The van der Waals surface area contributed by atoms with Crippen molar-refractivity contribution >= 4 is 29.5 Å². The third kappa shape index (κ3) is 5.86.